The van der Waals surface area contributed by atoms with E-state index < -0.39 is 17.9 Å². The summed E-state index contributed by atoms with van der Waals surface area (Å²) < 4.78 is 0. The maximum absolute atomic E-state index is 12.1. The van der Waals surface area contributed by atoms with Crippen molar-refractivity contribution in [1.29, 1.82) is 0 Å². The van der Waals surface area contributed by atoms with Crippen LogP contribution in [0.4, 0.5) is 4.79 Å². The largest absolute Gasteiger partial charge is 0.480 e. The molecule has 0 radical (unpaired) electrons. The van der Waals surface area contributed by atoms with Crippen LogP contribution in [0.25, 0.3) is 0 Å². The van der Waals surface area contributed by atoms with E-state index >= 15 is 0 Å². The molecule has 9 heteroatoms. The summed E-state index contributed by atoms with van der Waals surface area (Å²) in [7, 11) is 0. The van der Waals surface area contributed by atoms with E-state index in [1.807, 2.05) is 0 Å². The first-order valence-corrected chi connectivity index (χ1v) is 6.77. The van der Waals surface area contributed by atoms with Gasteiger partial charge in [0.05, 0.1) is 13.1 Å². The first-order chi connectivity index (χ1) is 9.97. The number of nitrogens with zero attached hydrogens (tertiary/aromatic N) is 3. The highest BCUT2D eigenvalue weighted by Gasteiger charge is 2.32. The van der Waals surface area contributed by atoms with E-state index in [1.54, 1.807) is 9.80 Å². The van der Waals surface area contributed by atoms with E-state index in [9.17, 15) is 19.2 Å². The Morgan fingerprint density at radius 3 is 2.48 bits per heavy atom. The number of amides is 4. The van der Waals surface area contributed by atoms with Crippen LogP contribution in [0.5, 0.6) is 0 Å². The van der Waals surface area contributed by atoms with Gasteiger partial charge in [-0.1, -0.05) is 0 Å². The summed E-state index contributed by atoms with van der Waals surface area (Å²) in [6.07, 6.45) is 0.666. The molecule has 9 nitrogen and oxygen atoms in total. The molecule has 4 amide bonds. The third-order valence-electron chi connectivity index (χ3n) is 3.53. The second-order valence-electron chi connectivity index (χ2n) is 5.04. The molecule has 0 aliphatic carbocycles. The van der Waals surface area contributed by atoms with Crippen molar-refractivity contribution in [3.8, 4) is 0 Å². The van der Waals surface area contributed by atoms with Crippen LogP contribution < -0.4 is 5.32 Å². The number of carboxylic acids is 1. The fourth-order valence-corrected chi connectivity index (χ4v) is 2.42. The Morgan fingerprint density at radius 1 is 1.10 bits per heavy atom. The van der Waals surface area contributed by atoms with Crippen molar-refractivity contribution in [2.24, 2.45) is 0 Å². The van der Waals surface area contributed by atoms with Crippen molar-refractivity contribution in [1.82, 2.24) is 20.0 Å². The first-order valence-electron chi connectivity index (χ1n) is 6.77. The predicted octanol–water partition coefficient (Wildman–Crippen LogP) is -1.84. The summed E-state index contributed by atoms with van der Waals surface area (Å²) in [5.41, 5.74) is 0. The maximum atomic E-state index is 12.1. The Morgan fingerprint density at radius 2 is 1.86 bits per heavy atom. The van der Waals surface area contributed by atoms with Crippen LogP contribution in [0.3, 0.4) is 0 Å². The van der Waals surface area contributed by atoms with E-state index in [0.717, 1.165) is 4.90 Å². The summed E-state index contributed by atoms with van der Waals surface area (Å²) in [5.74, 6) is -1.60. The fraction of sp³-hybridized carbons (Fsp3) is 0.667. The lowest BCUT2D eigenvalue weighted by atomic mass is 10.3. The quantitative estimate of drug-likeness (QED) is 0.590. The average molecular weight is 298 g/mol. The molecule has 0 aromatic carbocycles. The smallest absolute Gasteiger partial charge is 0.325 e. The van der Waals surface area contributed by atoms with Gasteiger partial charge in [-0.3, -0.25) is 24.2 Å². The predicted molar refractivity (Wildman–Crippen MR) is 70.4 cm³/mol. The van der Waals surface area contributed by atoms with Gasteiger partial charge in [0.2, 0.25) is 5.91 Å². The number of carboxylic acid groups (broad SMARTS) is 1. The van der Waals surface area contributed by atoms with Crippen LogP contribution in [-0.2, 0) is 14.4 Å². The second-order valence-corrected chi connectivity index (χ2v) is 5.04. The van der Waals surface area contributed by atoms with Gasteiger partial charge < -0.3 is 15.3 Å². The lowest BCUT2D eigenvalue weighted by Crippen LogP contribution is -2.44. The zero-order valence-corrected chi connectivity index (χ0v) is 11.6. The molecule has 0 aromatic heterocycles. The van der Waals surface area contributed by atoms with Gasteiger partial charge in [0.25, 0.3) is 5.91 Å². The number of hydrogen-bond acceptors (Lipinski definition) is 5. The summed E-state index contributed by atoms with van der Waals surface area (Å²) in [6.45, 7) is 1.60. The van der Waals surface area contributed by atoms with Gasteiger partial charge in [0.1, 0.15) is 6.54 Å². The molecule has 116 valence electrons. The minimum absolute atomic E-state index is 0.0466. The zero-order valence-electron chi connectivity index (χ0n) is 11.6. The van der Waals surface area contributed by atoms with Crippen molar-refractivity contribution in [2.45, 2.75) is 6.42 Å². The first kappa shape index (κ1) is 15.2. The summed E-state index contributed by atoms with van der Waals surface area (Å²) in [4.78, 5) is 49.9. The third-order valence-corrected chi connectivity index (χ3v) is 3.53. The molecule has 2 saturated heterocycles. The van der Waals surface area contributed by atoms with Gasteiger partial charge in [-0.2, -0.15) is 0 Å². The van der Waals surface area contributed by atoms with Crippen LogP contribution in [0, 0.1) is 0 Å². The SMILES string of the molecule is O=C(O)CN1CCCN(C(=O)CN2C(=O)CNC2=O)CC1. The number of carbonyl (C=O) groups is 4. The van der Waals surface area contributed by atoms with Gasteiger partial charge in [0.15, 0.2) is 0 Å². The molecule has 2 heterocycles. The van der Waals surface area contributed by atoms with E-state index in [-0.39, 0.29) is 25.5 Å². The molecule has 2 fully saturated rings. The molecule has 0 unspecified atom stereocenters. The zero-order chi connectivity index (χ0) is 15.4. The van der Waals surface area contributed by atoms with Gasteiger partial charge in [0, 0.05) is 26.2 Å². The Kier molecular flexibility index (Phi) is 4.73. The lowest BCUT2D eigenvalue weighted by Gasteiger charge is -2.23. The number of hydrogen-bond donors (Lipinski definition) is 2. The van der Waals surface area contributed by atoms with Gasteiger partial charge >= 0.3 is 12.0 Å². The van der Waals surface area contributed by atoms with Crippen molar-refractivity contribution < 1.29 is 24.3 Å². The molecule has 2 aliphatic rings. The van der Waals surface area contributed by atoms with Crippen molar-refractivity contribution in [2.75, 3.05) is 45.8 Å². The topological polar surface area (TPSA) is 110 Å². The van der Waals surface area contributed by atoms with Crippen LogP contribution in [0.1, 0.15) is 6.42 Å². The Hall–Kier alpha value is -2.16. The Balaban J connectivity index is 1.87. The molecular formula is C12H18N4O5. The molecule has 0 bridgehead atoms. The highest BCUT2D eigenvalue weighted by Crippen LogP contribution is 2.06. The molecule has 0 spiro atoms. The molecule has 0 aromatic rings. The number of imide groups is 1. The number of nitrogens with one attached hydrogen (secondary N) is 1. The Labute approximate surface area is 121 Å². The number of carbonyl (C=O) groups excluding carboxylic acids is 3. The van der Waals surface area contributed by atoms with E-state index in [4.69, 9.17) is 5.11 Å². The van der Waals surface area contributed by atoms with Crippen molar-refractivity contribution in [3.63, 3.8) is 0 Å². The van der Waals surface area contributed by atoms with Crippen LogP contribution in [0.15, 0.2) is 0 Å². The second kappa shape index (κ2) is 6.53. The number of urea groups is 1. The summed E-state index contributed by atoms with van der Waals surface area (Å²) >= 11 is 0. The van der Waals surface area contributed by atoms with Crippen LogP contribution >= 0.6 is 0 Å². The molecule has 21 heavy (non-hydrogen) atoms. The van der Waals surface area contributed by atoms with Crippen molar-refractivity contribution in [3.05, 3.63) is 0 Å². The van der Waals surface area contributed by atoms with E-state index in [2.05, 4.69) is 5.32 Å². The molecule has 0 atom stereocenters. The lowest BCUT2D eigenvalue weighted by molar-refractivity contribution is -0.138. The Bertz CT molecular complexity index is 451. The van der Waals surface area contributed by atoms with Gasteiger partial charge in [-0.25, -0.2) is 4.79 Å². The third kappa shape index (κ3) is 3.91. The van der Waals surface area contributed by atoms with Gasteiger partial charge in [-0.15, -0.1) is 0 Å². The van der Waals surface area contributed by atoms with Crippen LogP contribution in [-0.4, -0.2) is 89.4 Å². The summed E-state index contributed by atoms with van der Waals surface area (Å²) in [5, 5.41) is 11.1. The van der Waals surface area contributed by atoms with E-state index in [0.29, 0.717) is 32.6 Å². The fourth-order valence-electron chi connectivity index (χ4n) is 2.42. The molecular weight excluding hydrogens is 280 g/mol. The maximum Gasteiger partial charge on any atom is 0.325 e. The van der Waals surface area contributed by atoms with E-state index in [1.165, 1.54) is 0 Å². The number of aliphatic carboxylic acids is 1. The monoisotopic (exact) mass is 298 g/mol. The molecule has 2 rings (SSSR count). The molecule has 2 N–H and O–H groups in total. The highest BCUT2D eigenvalue weighted by molar-refractivity contribution is 6.04. The van der Waals surface area contributed by atoms with Gasteiger partial charge in [-0.05, 0) is 6.42 Å². The average Bonchev–Trinajstić information content (AvgIpc) is 2.65. The minimum atomic E-state index is -0.894. The minimum Gasteiger partial charge on any atom is -0.480 e. The standard InChI is InChI=1S/C12H18N4O5/c17-9-6-13-12(21)16(9)7-10(18)15-3-1-2-14(4-5-15)8-11(19)20/h1-8H2,(H,13,21)(H,19,20). The highest BCUT2D eigenvalue weighted by atomic mass is 16.4. The summed E-state index contributed by atoms with van der Waals surface area (Å²) in [6, 6.07) is -0.546. The molecule has 2 aliphatic heterocycles. The van der Waals surface area contributed by atoms with Crippen LogP contribution in [0.2, 0.25) is 0 Å². The molecule has 0 saturated carbocycles. The number of rotatable bonds is 4. The normalized spacial score (nSPS) is 20.4. The van der Waals surface area contributed by atoms with Crippen molar-refractivity contribution >= 4 is 23.8 Å².